The van der Waals surface area contributed by atoms with Gasteiger partial charge in [0.2, 0.25) is 0 Å². The topological polar surface area (TPSA) is 34.2 Å². The van der Waals surface area contributed by atoms with Crippen molar-refractivity contribution in [1.29, 1.82) is 0 Å². The Bertz CT molecular complexity index is 561. The smallest absolute Gasteiger partial charge is 0.0779 e. The summed E-state index contributed by atoms with van der Waals surface area (Å²) >= 11 is 0. The van der Waals surface area contributed by atoms with Crippen molar-refractivity contribution in [2.24, 2.45) is 0 Å². The quantitative estimate of drug-likeness (QED) is 0.913. The second-order valence-electron chi connectivity index (χ2n) is 5.56. The molecule has 100 valence electrons. The molecule has 1 aromatic carbocycles. The van der Waals surface area contributed by atoms with Crippen LogP contribution in [0.1, 0.15) is 25.3 Å². The Labute approximate surface area is 114 Å². The number of pyridine rings is 1. The molecule has 1 fully saturated rings. The molecule has 1 aliphatic rings. The molecule has 0 aliphatic carbocycles. The molecule has 1 atom stereocenters. The molecule has 1 saturated heterocycles. The summed E-state index contributed by atoms with van der Waals surface area (Å²) in [7, 11) is 0. The second kappa shape index (κ2) is 5.27. The minimum Gasteiger partial charge on any atom is -0.374 e. The minimum absolute atomic E-state index is 0.0285. The number of rotatable bonds is 4. The van der Waals surface area contributed by atoms with E-state index in [-0.39, 0.29) is 5.60 Å². The summed E-state index contributed by atoms with van der Waals surface area (Å²) in [5, 5.41) is 5.95. The van der Waals surface area contributed by atoms with Crippen LogP contribution in [0.4, 0.5) is 0 Å². The lowest BCUT2D eigenvalue weighted by Gasteiger charge is -2.23. The average molecular weight is 256 g/mol. The Morgan fingerprint density at radius 1 is 1.32 bits per heavy atom. The third-order valence-electron chi connectivity index (χ3n) is 3.83. The maximum absolute atomic E-state index is 5.78. The van der Waals surface area contributed by atoms with Gasteiger partial charge >= 0.3 is 0 Å². The molecule has 1 aliphatic heterocycles. The zero-order chi connectivity index (χ0) is 13.1. The monoisotopic (exact) mass is 256 g/mol. The molecule has 1 unspecified atom stereocenters. The molecule has 0 saturated carbocycles. The fourth-order valence-electron chi connectivity index (χ4n) is 2.69. The first-order valence-corrected chi connectivity index (χ1v) is 6.93. The molecule has 0 radical (unpaired) electrons. The highest BCUT2D eigenvalue weighted by Gasteiger charge is 2.28. The molecule has 2 aromatic rings. The van der Waals surface area contributed by atoms with Gasteiger partial charge in [0.25, 0.3) is 0 Å². The van der Waals surface area contributed by atoms with Crippen LogP contribution in [-0.4, -0.2) is 23.7 Å². The number of hydrogen-bond donors (Lipinski definition) is 1. The Balaban J connectivity index is 1.62. The highest BCUT2D eigenvalue weighted by Crippen LogP contribution is 2.24. The normalized spacial score (nSPS) is 23.0. The van der Waals surface area contributed by atoms with Gasteiger partial charge in [-0.05, 0) is 42.8 Å². The Morgan fingerprint density at radius 2 is 2.26 bits per heavy atom. The Morgan fingerprint density at radius 3 is 3.11 bits per heavy atom. The molecule has 1 aromatic heterocycles. The van der Waals surface area contributed by atoms with Crippen LogP contribution in [0.5, 0.6) is 0 Å². The van der Waals surface area contributed by atoms with E-state index in [0.29, 0.717) is 0 Å². The highest BCUT2D eigenvalue weighted by molar-refractivity contribution is 5.81. The molecule has 2 heterocycles. The summed E-state index contributed by atoms with van der Waals surface area (Å²) in [4.78, 5) is 4.13. The van der Waals surface area contributed by atoms with Crippen molar-refractivity contribution in [3.63, 3.8) is 0 Å². The van der Waals surface area contributed by atoms with Crippen LogP contribution in [0.15, 0.2) is 36.7 Å². The fraction of sp³-hybridized carbons (Fsp3) is 0.438. The van der Waals surface area contributed by atoms with Crippen LogP contribution in [0.2, 0.25) is 0 Å². The number of nitrogens with zero attached hydrogens (tertiary/aromatic N) is 1. The highest BCUT2D eigenvalue weighted by atomic mass is 16.5. The van der Waals surface area contributed by atoms with Crippen molar-refractivity contribution >= 4 is 10.8 Å². The number of nitrogens with one attached hydrogen (secondary N) is 1. The molecule has 0 bridgehead atoms. The number of aromatic nitrogens is 1. The van der Waals surface area contributed by atoms with Crippen LogP contribution in [-0.2, 0) is 11.3 Å². The van der Waals surface area contributed by atoms with Crippen LogP contribution in [0.25, 0.3) is 10.8 Å². The SMILES string of the molecule is CC1(CNCc2ccc3cnccc3c2)CCCO1. The zero-order valence-electron chi connectivity index (χ0n) is 11.4. The summed E-state index contributed by atoms with van der Waals surface area (Å²) in [6.45, 7) is 4.90. The van der Waals surface area contributed by atoms with Gasteiger partial charge in [0, 0.05) is 37.5 Å². The van der Waals surface area contributed by atoms with E-state index in [1.165, 1.54) is 22.8 Å². The molecular formula is C16H20N2O. The largest absolute Gasteiger partial charge is 0.374 e. The zero-order valence-corrected chi connectivity index (χ0v) is 11.4. The van der Waals surface area contributed by atoms with Crippen molar-refractivity contribution in [3.05, 3.63) is 42.2 Å². The molecule has 19 heavy (non-hydrogen) atoms. The van der Waals surface area contributed by atoms with E-state index in [1.807, 2.05) is 12.4 Å². The van der Waals surface area contributed by atoms with E-state index in [9.17, 15) is 0 Å². The number of fused-ring (bicyclic) bond motifs is 1. The van der Waals surface area contributed by atoms with Gasteiger partial charge in [0.15, 0.2) is 0 Å². The maximum Gasteiger partial charge on any atom is 0.0779 e. The van der Waals surface area contributed by atoms with E-state index in [1.54, 1.807) is 0 Å². The molecule has 3 heteroatoms. The van der Waals surface area contributed by atoms with Gasteiger partial charge in [-0.3, -0.25) is 4.98 Å². The number of benzene rings is 1. The Kier molecular flexibility index (Phi) is 3.49. The van der Waals surface area contributed by atoms with Gasteiger partial charge in [-0.25, -0.2) is 0 Å². The lowest BCUT2D eigenvalue weighted by atomic mass is 10.0. The lowest BCUT2D eigenvalue weighted by molar-refractivity contribution is 0.0207. The van der Waals surface area contributed by atoms with Gasteiger partial charge in [-0.15, -0.1) is 0 Å². The first-order valence-electron chi connectivity index (χ1n) is 6.93. The molecular weight excluding hydrogens is 236 g/mol. The third kappa shape index (κ3) is 2.94. The predicted octanol–water partition coefficient (Wildman–Crippen LogP) is 2.89. The number of hydrogen-bond acceptors (Lipinski definition) is 3. The van der Waals surface area contributed by atoms with Gasteiger partial charge < -0.3 is 10.1 Å². The first-order chi connectivity index (χ1) is 9.25. The second-order valence-corrected chi connectivity index (χ2v) is 5.56. The Hall–Kier alpha value is -1.45. The van der Waals surface area contributed by atoms with Crippen LogP contribution in [0, 0.1) is 0 Å². The standard InChI is InChI=1S/C16H20N2O/c1-16(6-2-8-19-16)12-18-10-13-3-4-15-11-17-7-5-14(15)9-13/h3-5,7,9,11,18H,2,6,8,10,12H2,1H3. The van der Waals surface area contributed by atoms with E-state index < -0.39 is 0 Å². The van der Waals surface area contributed by atoms with Crippen molar-refractivity contribution in [1.82, 2.24) is 10.3 Å². The molecule has 0 amide bonds. The maximum atomic E-state index is 5.78. The first kappa shape index (κ1) is 12.6. The van der Waals surface area contributed by atoms with Crippen LogP contribution < -0.4 is 5.32 Å². The van der Waals surface area contributed by atoms with Crippen molar-refractivity contribution < 1.29 is 4.74 Å². The summed E-state index contributed by atoms with van der Waals surface area (Å²) in [5.41, 5.74) is 1.33. The van der Waals surface area contributed by atoms with Gasteiger partial charge in [-0.2, -0.15) is 0 Å². The van der Waals surface area contributed by atoms with E-state index in [4.69, 9.17) is 4.74 Å². The lowest BCUT2D eigenvalue weighted by Crippen LogP contribution is -2.36. The van der Waals surface area contributed by atoms with E-state index in [0.717, 1.165) is 26.1 Å². The summed E-state index contributed by atoms with van der Waals surface area (Å²) < 4.78 is 5.78. The van der Waals surface area contributed by atoms with Gasteiger partial charge in [-0.1, -0.05) is 12.1 Å². The molecule has 3 nitrogen and oxygen atoms in total. The fourth-order valence-corrected chi connectivity index (χ4v) is 2.69. The van der Waals surface area contributed by atoms with Crippen molar-refractivity contribution in [2.45, 2.75) is 31.9 Å². The van der Waals surface area contributed by atoms with Crippen molar-refractivity contribution in [2.75, 3.05) is 13.2 Å². The average Bonchev–Trinajstić information content (AvgIpc) is 2.86. The summed E-state index contributed by atoms with van der Waals surface area (Å²) in [6.07, 6.45) is 6.08. The van der Waals surface area contributed by atoms with Gasteiger partial charge in [0.05, 0.1) is 5.60 Å². The van der Waals surface area contributed by atoms with Crippen LogP contribution >= 0.6 is 0 Å². The molecule has 1 N–H and O–H groups in total. The molecule has 3 rings (SSSR count). The minimum atomic E-state index is 0.0285. The predicted molar refractivity (Wildman–Crippen MR) is 77.0 cm³/mol. The van der Waals surface area contributed by atoms with Crippen LogP contribution in [0.3, 0.4) is 0 Å². The van der Waals surface area contributed by atoms with E-state index in [2.05, 4.69) is 41.5 Å². The summed E-state index contributed by atoms with van der Waals surface area (Å²) in [5.74, 6) is 0. The van der Waals surface area contributed by atoms with E-state index >= 15 is 0 Å². The summed E-state index contributed by atoms with van der Waals surface area (Å²) in [6, 6.07) is 8.57. The van der Waals surface area contributed by atoms with Gasteiger partial charge in [0.1, 0.15) is 0 Å². The third-order valence-corrected chi connectivity index (χ3v) is 3.83. The van der Waals surface area contributed by atoms with Crippen molar-refractivity contribution in [3.8, 4) is 0 Å². The number of ether oxygens (including phenoxy) is 1. The molecule has 0 spiro atoms.